The Kier molecular flexibility index (Phi) is 15.4. The van der Waals surface area contributed by atoms with Crippen molar-refractivity contribution in [2.45, 2.75) is 26.3 Å². The second-order valence-electron chi connectivity index (χ2n) is 4.05. The lowest BCUT2D eigenvalue weighted by molar-refractivity contribution is -0.137. The third-order valence-electron chi connectivity index (χ3n) is 2.28. The minimum atomic E-state index is -1.18. The third kappa shape index (κ3) is 14.9. The normalized spacial score (nSPS) is 10.6. The highest BCUT2D eigenvalue weighted by Crippen LogP contribution is 1.98. The minimum absolute atomic E-state index is 0.294. The predicted molar refractivity (Wildman–Crippen MR) is 89.0 cm³/mol. The van der Waals surface area contributed by atoms with Crippen molar-refractivity contribution in [2.75, 3.05) is 31.6 Å². The molecule has 0 aliphatic rings. The molecule has 23 heavy (non-hydrogen) atoms. The molecule has 9 nitrogen and oxygen atoms in total. The van der Waals surface area contributed by atoms with Gasteiger partial charge in [-0.05, 0) is 18.4 Å². The maximum Gasteiger partial charge on any atom is 0.322 e. The van der Waals surface area contributed by atoms with Gasteiger partial charge in [0.05, 0.1) is 19.1 Å². The number of hydrogen-bond donors (Lipinski definition) is 5. The molecule has 1 atom stereocenters. The van der Waals surface area contributed by atoms with Crippen LogP contribution in [0.3, 0.4) is 0 Å². The van der Waals surface area contributed by atoms with E-state index in [1.165, 1.54) is 0 Å². The molecule has 0 saturated heterocycles. The molecule has 6 N–H and O–H groups in total. The lowest BCUT2D eigenvalue weighted by Gasteiger charge is -2.11. The molecule has 0 aliphatic carbocycles. The number of carbonyl (C=O) groups is 4. The van der Waals surface area contributed by atoms with E-state index in [1.807, 2.05) is 20.1 Å². The van der Waals surface area contributed by atoms with Crippen molar-refractivity contribution in [3.8, 4) is 0 Å². The Balaban J connectivity index is 0. The number of thioether (sulfide) groups is 1. The number of amides is 3. The molecule has 0 fully saturated rings. The van der Waals surface area contributed by atoms with Gasteiger partial charge in [-0.2, -0.15) is 11.8 Å². The molecule has 0 heterocycles. The third-order valence-corrected chi connectivity index (χ3v) is 2.92. The molecule has 0 radical (unpaired) electrons. The molecular formula is C13H26N4O5S. The Morgan fingerprint density at radius 2 is 1.48 bits per heavy atom. The van der Waals surface area contributed by atoms with Crippen LogP contribution < -0.4 is 21.7 Å². The second kappa shape index (κ2) is 15.1. The lowest BCUT2D eigenvalue weighted by atomic mass is 10.2. The van der Waals surface area contributed by atoms with Crippen LogP contribution in [0.4, 0.5) is 0 Å². The summed E-state index contributed by atoms with van der Waals surface area (Å²) in [5.41, 5.74) is 5.60. The molecule has 0 aliphatic heterocycles. The van der Waals surface area contributed by atoms with Crippen LogP contribution in [-0.4, -0.2) is 66.5 Å². The molecular weight excluding hydrogens is 324 g/mol. The Bertz CT molecular complexity index is 393. The van der Waals surface area contributed by atoms with Crippen molar-refractivity contribution in [1.29, 1.82) is 0 Å². The SMILES string of the molecule is CC.CSCCC(N)C(=O)NCC(=O)NCC(=O)NCC(=O)O. The molecule has 0 aromatic rings. The highest BCUT2D eigenvalue weighted by atomic mass is 32.2. The molecule has 0 rings (SSSR count). The van der Waals surface area contributed by atoms with Gasteiger partial charge in [0, 0.05) is 0 Å². The fourth-order valence-electron chi connectivity index (χ4n) is 1.15. The van der Waals surface area contributed by atoms with Crippen LogP contribution in [0.1, 0.15) is 20.3 Å². The van der Waals surface area contributed by atoms with E-state index in [0.717, 1.165) is 5.75 Å². The highest BCUT2D eigenvalue weighted by Gasteiger charge is 2.14. The predicted octanol–water partition coefficient (Wildman–Crippen LogP) is -1.47. The first-order valence-electron chi connectivity index (χ1n) is 7.14. The van der Waals surface area contributed by atoms with E-state index in [9.17, 15) is 19.2 Å². The first kappa shape index (κ1) is 23.5. The Morgan fingerprint density at radius 1 is 1.00 bits per heavy atom. The van der Waals surface area contributed by atoms with Crippen molar-refractivity contribution < 1.29 is 24.3 Å². The molecule has 0 bridgehead atoms. The number of nitrogens with two attached hydrogens (primary N) is 1. The summed E-state index contributed by atoms with van der Waals surface area (Å²) in [6.45, 7) is 2.83. The summed E-state index contributed by atoms with van der Waals surface area (Å²) >= 11 is 1.56. The van der Waals surface area contributed by atoms with Crippen molar-refractivity contribution in [2.24, 2.45) is 5.73 Å². The van der Waals surface area contributed by atoms with Crippen LogP contribution in [0, 0.1) is 0 Å². The van der Waals surface area contributed by atoms with Gasteiger partial charge in [0.25, 0.3) is 0 Å². The van der Waals surface area contributed by atoms with Gasteiger partial charge in [-0.15, -0.1) is 0 Å². The van der Waals surface area contributed by atoms with E-state index < -0.39 is 36.3 Å². The van der Waals surface area contributed by atoms with Gasteiger partial charge >= 0.3 is 5.97 Å². The van der Waals surface area contributed by atoms with Crippen LogP contribution in [-0.2, 0) is 19.2 Å². The lowest BCUT2D eigenvalue weighted by Crippen LogP contribution is -2.46. The number of carboxylic acids is 1. The zero-order valence-electron chi connectivity index (χ0n) is 13.7. The van der Waals surface area contributed by atoms with Gasteiger partial charge in [0.15, 0.2) is 0 Å². The largest absolute Gasteiger partial charge is 0.480 e. The number of nitrogens with one attached hydrogen (secondary N) is 3. The van der Waals surface area contributed by atoms with E-state index in [1.54, 1.807) is 11.8 Å². The number of carbonyl (C=O) groups excluding carboxylic acids is 3. The summed E-state index contributed by atoms with van der Waals surface area (Å²) in [7, 11) is 0. The average molecular weight is 350 g/mol. The molecule has 10 heteroatoms. The molecule has 3 amide bonds. The monoisotopic (exact) mass is 350 g/mol. The van der Waals surface area contributed by atoms with Gasteiger partial charge in [-0.1, -0.05) is 13.8 Å². The summed E-state index contributed by atoms with van der Waals surface area (Å²) < 4.78 is 0. The maximum absolute atomic E-state index is 11.5. The smallest absolute Gasteiger partial charge is 0.322 e. The van der Waals surface area contributed by atoms with E-state index in [4.69, 9.17) is 10.8 Å². The van der Waals surface area contributed by atoms with Crippen LogP contribution >= 0.6 is 11.8 Å². The average Bonchev–Trinajstić information content (AvgIpc) is 2.55. The molecule has 1 unspecified atom stereocenters. The number of rotatable bonds is 10. The number of aliphatic carboxylic acids is 1. The van der Waals surface area contributed by atoms with Gasteiger partial charge in [0.1, 0.15) is 6.54 Å². The minimum Gasteiger partial charge on any atom is -0.480 e. The first-order chi connectivity index (χ1) is 10.9. The first-order valence-corrected chi connectivity index (χ1v) is 8.53. The van der Waals surface area contributed by atoms with E-state index in [2.05, 4.69) is 16.0 Å². The summed E-state index contributed by atoms with van der Waals surface area (Å²) in [6, 6.07) is -0.677. The zero-order valence-corrected chi connectivity index (χ0v) is 14.5. The fraction of sp³-hybridized carbons (Fsp3) is 0.692. The Labute approximate surface area is 140 Å². The van der Waals surface area contributed by atoms with Gasteiger partial charge in [-0.25, -0.2) is 0 Å². The topological polar surface area (TPSA) is 151 Å². The van der Waals surface area contributed by atoms with Crippen molar-refractivity contribution in [1.82, 2.24) is 16.0 Å². The Morgan fingerprint density at radius 3 is 1.96 bits per heavy atom. The fourth-order valence-corrected chi connectivity index (χ4v) is 1.64. The highest BCUT2D eigenvalue weighted by molar-refractivity contribution is 7.98. The van der Waals surface area contributed by atoms with Gasteiger partial charge < -0.3 is 26.8 Å². The van der Waals surface area contributed by atoms with Gasteiger partial charge in [0.2, 0.25) is 17.7 Å². The summed E-state index contributed by atoms with van der Waals surface area (Å²) in [5, 5.41) is 15.0. The molecule has 0 aromatic carbocycles. The van der Waals surface area contributed by atoms with E-state index >= 15 is 0 Å². The van der Waals surface area contributed by atoms with Crippen molar-refractivity contribution in [3.63, 3.8) is 0 Å². The molecule has 134 valence electrons. The standard InChI is InChI=1S/C11H20N4O5S.C2H6/c1-21-3-2-7(12)11(20)15-5-9(17)13-4-8(16)14-6-10(18)19;1-2/h7H,2-6,12H2,1H3,(H,13,17)(H,14,16)(H,15,20)(H,18,19);1-2H3. The number of hydrogen-bond acceptors (Lipinski definition) is 6. The van der Waals surface area contributed by atoms with Crippen LogP contribution in [0.25, 0.3) is 0 Å². The van der Waals surface area contributed by atoms with Crippen LogP contribution in [0.2, 0.25) is 0 Å². The quantitative estimate of drug-likeness (QED) is 0.322. The molecule has 0 saturated carbocycles. The second-order valence-corrected chi connectivity index (χ2v) is 5.04. The van der Waals surface area contributed by atoms with Crippen LogP contribution in [0.15, 0.2) is 0 Å². The zero-order chi connectivity index (χ0) is 18.3. The van der Waals surface area contributed by atoms with Crippen molar-refractivity contribution in [3.05, 3.63) is 0 Å². The van der Waals surface area contributed by atoms with Gasteiger partial charge in [-0.3, -0.25) is 19.2 Å². The summed E-state index contributed by atoms with van der Waals surface area (Å²) in [5.74, 6) is -2.07. The molecule has 0 aromatic heterocycles. The summed E-state index contributed by atoms with van der Waals surface area (Å²) in [6.07, 6.45) is 2.40. The Hall–Kier alpha value is -1.81. The summed E-state index contributed by atoms with van der Waals surface area (Å²) in [4.78, 5) is 44.2. The molecule has 0 spiro atoms. The maximum atomic E-state index is 11.5. The number of carboxylic acid groups (broad SMARTS) is 1. The van der Waals surface area contributed by atoms with E-state index in [-0.39, 0.29) is 13.1 Å². The van der Waals surface area contributed by atoms with E-state index in [0.29, 0.717) is 6.42 Å². The van der Waals surface area contributed by atoms with Crippen molar-refractivity contribution >= 4 is 35.5 Å². The van der Waals surface area contributed by atoms with Crippen LogP contribution in [0.5, 0.6) is 0 Å².